The Kier molecular flexibility index (Phi) is 5.32. The highest BCUT2D eigenvalue weighted by atomic mass is 35.5. The van der Waals surface area contributed by atoms with E-state index >= 15 is 0 Å². The van der Waals surface area contributed by atoms with Gasteiger partial charge in [-0.15, -0.1) is 0 Å². The molecule has 2 aromatic carbocycles. The number of hydrazine groups is 1. The molecule has 0 aliphatic rings. The first-order chi connectivity index (χ1) is 10.6. The first-order valence-electron chi connectivity index (χ1n) is 6.29. The zero-order valence-corrected chi connectivity index (χ0v) is 12.1. The van der Waals surface area contributed by atoms with Crippen LogP contribution in [0.1, 0.15) is 10.4 Å². The smallest absolute Gasteiger partial charge is 0.276 e. The van der Waals surface area contributed by atoms with E-state index in [1.165, 1.54) is 18.2 Å². The fraction of sp³-hybridized carbons (Fsp3) is 0.0667. The standard InChI is InChI=1S/C15H12ClFN2O3/c16-11-6-2-4-8-13(11)22-9-14(20)18-19-15(21)10-5-1-3-7-12(10)17/h1-8H,9H2,(H,18,20)(H,19,21). The molecule has 0 aromatic heterocycles. The highest BCUT2D eigenvalue weighted by molar-refractivity contribution is 6.32. The van der Waals surface area contributed by atoms with Crippen molar-refractivity contribution in [3.05, 3.63) is 64.9 Å². The van der Waals surface area contributed by atoms with Crippen LogP contribution in [0.25, 0.3) is 0 Å². The number of halogens is 2. The molecule has 22 heavy (non-hydrogen) atoms. The molecule has 0 aliphatic heterocycles. The van der Waals surface area contributed by atoms with E-state index in [9.17, 15) is 14.0 Å². The van der Waals surface area contributed by atoms with E-state index in [4.69, 9.17) is 16.3 Å². The van der Waals surface area contributed by atoms with E-state index in [1.807, 2.05) is 0 Å². The molecule has 0 radical (unpaired) electrons. The predicted molar refractivity (Wildman–Crippen MR) is 79.0 cm³/mol. The molecule has 2 aromatic rings. The molecule has 5 nitrogen and oxygen atoms in total. The molecule has 0 bridgehead atoms. The van der Waals surface area contributed by atoms with Crippen LogP contribution in [0, 0.1) is 5.82 Å². The van der Waals surface area contributed by atoms with Crippen molar-refractivity contribution in [3.8, 4) is 5.75 Å². The fourth-order valence-electron chi connectivity index (χ4n) is 1.58. The van der Waals surface area contributed by atoms with E-state index in [0.29, 0.717) is 10.8 Å². The van der Waals surface area contributed by atoms with Gasteiger partial charge in [0.25, 0.3) is 11.8 Å². The Balaban J connectivity index is 1.82. The van der Waals surface area contributed by atoms with Crippen molar-refractivity contribution in [1.82, 2.24) is 10.9 Å². The van der Waals surface area contributed by atoms with E-state index in [1.54, 1.807) is 24.3 Å². The van der Waals surface area contributed by atoms with Crippen molar-refractivity contribution in [1.29, 1.82) is 0 Å². The number of ether oxygens (including phenoxy) is 1. The predicted octanol–water partition coefficient (Wildman–Crippen LogP) is 2.32. The summed E-state index contributed by atoms with van der Waals surface area (Å²) >= 11 is 5.86. The number of rotatable bonds is 4. The minimum Gasteiger partial charge on any atom is -0.482 e. The van der Waals surface area contributed by atoms with E-state index in [0.717, 1.165) is 6.07 Å². The summed E-state index contributed by atoms with van der Waals surface area (Å²) in [6.45, 7) is -0.346. The van der Waals surface area contributed by atoms with Crippen LogP contribution in [-0.2, 0) is 4.79 Å². The first kappa shape index (κ1) is 15.8. The summed E-state index contributed by atoms with van der Waals surface area (Å²) in [5, 5.41) is 0.366. The Morgan fingerprint density at radius 3 is 2.45 bits per heavy atom. The SMILES string of the molecule is O=C(COc1ccccc1Cl)NNC(=O)c1ccccc1F. The highest BCUT2D eigenvalue weighted by Crippen LogP contribution is 2.22. The maximum absolute atomic E-state index is 13.4. The molecule has 7 heteroatoms. The summed E-state index contributed by atoms with van der Waals surface area (Å²) < 4.78 is 18.6. The third kappa shape index (κ3) is 4.20. The molecule has 0 unspecified atom stereocenters. The minimum absolute atomic E-state index is 0.171. The van der Waals surface area contributed by atoms with Crippen molar-refractivity contribution >= 4 is 23.4 Å². The van der Waals surface area contributed by atoms with E-state index < -0.39 is 17.6 Å². The Morgan fingerprint density at radius 1 is 1.05 bits per heavy atom. The van der Waals surface area contributed by atoms with Gasteiger partial charge in [-0.3, -0.25) is 20.4 Å². The summed E-state index contributed by atoms with van der Waals surface area (Å²) in [5.74, 6) is -1.70. The molecule has 2 N–H and O–H groups in total. The van der Waals surface area contributed by atoms with Gasteiger partial charge in [0.15, 0.2) is 6.61 Å². The van der Waals surface area contributed by atoms with Crippen molar-refractivity contribution in [2.45, 2.75) is 0 Å². The normalized spacial score (nSPS) is 9.91. The fourth-order valence-corrected chi connectivity index (χ4v) is 1.77. The molecule has 0 saturated carbocycles. The molecule has 0 spiro atoms. The van der Waals surface area contributed by atoms with Gasteiger partial charge < -0.3 is 4.74 Å². The number of hydrogen-bond acceptors (Lipinski definition) is 3. The second kappa shape index (κ2) is 7.42. The lowest BCUT2D eigenvalue weighted by atomic mass is 10.2. The third-order valence-corrected chi connectivity index (χ3v) is 2.94. The molecule has 0 atom stereocenters. The molecule has 0 aliphatic carbocycles. The summed E-state index contributed by atoms with van der Waals surface area (Å²) in [5.41, 5.74) is 4.05. The number of carbonyl (C=O) groups excluding carboxylic acids is 2. The number of benzene rings is 2. The molecule has 114 valence electrons. The van der Waals surface area contributed by atoms with Crippen LogP contribution in [0.5, 0.6) is 5.75 Å². The van der Waals surface area contributed by atoms with Crippen LogP contribution < -0.4 is 15.6 Å². The minimum atomic E-state index is -0.760. The van der Waals surface area contributed by atoms with Crippen molar-refractivity contribution < 1.29 is 18.7 Å². The van der Waals surface area contributed by atoms with Crippen LogP contribution in [-0.4, -0.2) is 18.4 Å². The van der Waals surface area contributed by atoms with E-state index in [2.05, 4.69) is 10.9 Å². The molecular formula is C15H12ClFN2O3. The largest absolute Gasteiger partial charge is 0.482 e. The maximum Gasteiger partial charge on any atom is 0.276 e. The first-order valence-corrected chi connectivity index (χ1v) is 6.67. The van der Waals surface area contributed by atoms with Crippen molar-refractivity contribution in [3.63, 3.8) is 0 Å². The van der Waals surface area contributed by atoms with Crippen LogP contribution in [0.4, 0.5) is 4.39 Å². The summed E-state index contributed by atoms with van der Waals surface area (Å²) in [7, 11) is 0. The summed E-state index contributed by atoms with van der Waals surface area (Å²) in [6, 6.07) is 12.1. The highest BCUT2D eigenvalue weighted by Gasteiger charge is 2.12. The lowest BCUT2D eigenvalue weighted by Gasteiger charge is -2.09. The number of para-hydroxylation sites is 1. The lowest BCUT2D eigenvalue weighted by molar-refractivity contribution is -0.123. The monoisotopic (exact) mass is 322 g/mol. The molecule has 2 amide bonds. The zero-order chi connectivity index (χ0) is 15.9. The topological polar surface area (TPSA) is 67.4 Å². The quantitative estimate of drug-likeness (QED) is 0.849. The van der Waals surface area contributed by atoms with Crippen molar-refractivity contribution in [2.24, 2.45) is 0 Å². The summed E-state index contributed by atoms with van der Waals surface area (Å²) in [6.07, 6.45) is 0. The van der Waals surface area contributed by atoms with Crippen LogP contribution in [0.3, 0.4) is 0 Å². The maximum atomic E-state index is 13.4. The van der Waals surface area contributed by atoms with Gasteiger partial charge >= 0.3 is 0 Å². The Bertz CT molecular complexity index is 694. The van der Waals surface area contributed by atoms with Gasteiger partial charge in [-0.1, -0.05) is 35.9 Å². The number of nitrogens with one attached hydrogen (secondary N) is 2. The third-order valence-electron chi connectivity index (χ3n) is 2.63. The number of hydrogen-bond donors (Lipinski definition) is 2. The second-order valence-electron chi connectivity index (χ2n) is 4.20. The molecule has 0 fully saturated rings. The zero-order valence-electron chi connectivity index (χ0n) is 11.3. The Morgan fingerprint density at radius 2 is 1.73 bits per heavy atom. The molecule has 2 rings (SSSR count). The molecular weight excluding hydrogens is 311 g/mol. The van der Waals surface area contributed by atoms with Gasteiger partial charge in [-0.2, -0.15) is 0 Å². The van der Waals surface area contributed by atoms with Gasteiger partial charge in [0.1, 0.15) is 11.6 Å². The average Bonchev–Trinajstić information content (AvgIpc) is 2.52. The van der Waals surface area contributed by atoms with Gasteiger partial charge in [-0.25, -0.2) is 4.39 Å². The lowest BCUT2D eigenvalue weighted by Crippen LogP contribution is -2.44. The Labute approximate surface area is 131 Å². The van der Waals surface area contributed by atoms with Gasteiger partial charge in [0.05, 0.1) is 10.6 Å². The van der Waals surface area contributed by atoms with E-state index in [-0.39, 0.29) is 12.2 Å². The van der Waals surface area contributed by atoms with Crippen LogP contribution in [0.15, 0.2) is 48.5 Å². The van der Waals surface area contributed by atoms with Gasteiger partial charge in [0, 0.05) is 0 Å². The second-order valence-corrected chi connectivity index (χ2v) is 4.61. The molecule has 0 saturated heterocycles. The van der Waals surface area contributed by atoms with Gasteiger partial charge in [0.2, 0.25) is 0 Å². The number of amides is 2. The van der Waals surface area contributed by atoms with Gasteiger partial charge in [-0.05, 0) is 24.3 Å². The van der Waals surface area contributed by atoms with Crippen LogP contribution >= 0.6 is 11.6 Å². The van der Waals surface area contributed by atoms with Crippen LogP contribution in [0.2, 0.25) is 5.02 Å². The average molecular weight is 323 g/mol. The van der Waals surface area contributed by atoms with Crippen molar-refractivity contribution in [2.75, 3.05) is 6.61 Å². The molecule has 0 heterocycles. The summed E-state index contributed by atoms with van der Waals surface area (Å²) in [4.78, 5) is 23.2. The Hall–Kier alpha value is -2.60. The number of carbonyl (C=O) groups is 2.